The first-order valence-electron chi connectivity index (χ1n) is 11.0. The number of piperazine rings is 1. The van der Waals surface area contributed by atoms with Crippen molar-refractivity contribution in [3.05, 3.63) is 46.8 Å². The van der Waals surface area contributed by atoms with E-state index in [2.05, 4.69) is 45.8 Å². The summed E-state index contributed by atoms with van der Waals surface area (Å²) in [4.78, 5) is 29.1. The zero-order valence-electron chi connectivity index (χ0n) is 18.4. The lowest BCUT2D eigenvalue weighted by atomic mass is 9.86. The average molecular weight is 458 g/mol. The molecule has 0 amide bonds. The molecule has 1 aliphatic carbocycles. The molecule has 2 aliphatic rings. The van der Waals surface area contributed by atoms with Crippen LogP contribution in [0.3, 0.4) is 0 Å². The zero-order chi connectivity index (χ0) is 22.9. The lowest BCUT2D eigenvalue weighted by molar-refractivity contribution is -0.134. The van der Waals surface area contributed by atoms with Gasteiger partial charge in [-0.05, 0) is 60.0 Å². The first kappa shape index (κ1) is 23.9. The maximum absolute atomic E-state index is 9.55. The van der Waals surface area contributed by atoms with E-state index in [0.29, 0.717) is 18.1 Å². The molecule has 0 atom stereocenters. The van der Waals surface area contributed by atoms with Crippen LogP contribution >= 0.6 is 11.3 Å². The number of pyridine rings is 1. The molecule has 0 unspecified atom stereocenters. The molecular formula is C24H31N3O4S. The maximum Gasteiger partial charge on any atom is 0.328 e. The van der Waals surface area contributed by atoms with Crippen molar-refractivity contribution in [2.24, 2.45) is 0 Å². The van der Waals surface area contributed by atoms with Crippen LogP contribution in [0.25, 0.3) is 11.1 Å². The van der Waals surface area contributed by atoms with E-state index in [9.17, 15) is 9.59 Å². The first-order chi connectivity index (χ1) is 15.4. The van der Waals surface area contributed by atoms with Crippen molar-refractivity contribution in [2.45, 2.75) is 38.0 Å². The van der Waals surface area contributed by atoms with Crippen LogP contribution in [0, 0.1) is 0 Å². The van der Waals surface area contributed by atoms with E-state index in [1.54, 1.807) is 11.3 Å². The van der Waals surface area contributed by atoms with Crippen molar-refractivity contribution in [1.82, 2.24) is 9.88 Å². The van der Waals surface area contributed by atoms with Gasteiger partial charge >= 0.3 is 11.9 Å². The smallest absolute Gasteiger partial charge is 0.328 e. The second kappa shape index (κ2) is 11.8. The van der Waals surface area contributed by atoms with Crippen molar-refractivity contribution in [3.63, 3.8) is 0 Å². The molecule has 32 heavy (non-hydrogen) atoms. The highest BCUT2D eigenvalue weighted by atomic mass is 32.1. The second-order valence-electron chi connectivity index (χ2n) is 8.29. The van der Waals surface area contributed by atoms with Crippen LogP contribution in [0.15, 0.2) is 41.1 Å². The fraction of sp³-hybridized carbons (Fsp3) is 0.458. The Morgan fingerprint density at radius 1 is 1.00 bits per heavy atom. The topological polar surface area (TPSA) is 94.0 Å². The Balaban J connectivity index is 0.000000312. The minimum absolute atomic E-state index is 0.558. The number of aliphatic carboxylic acids is 2. The Labute approximate surface area is 193 Å². The maximum atomic E-state index is 9.55. The summed E-state index contributed by atoms with van der Waals surface area (Å²) in [6.07, 6.45) is 7.85. The third kappa shape index (κ3) is 7.17. The predicted molar refractivity (Wildman–Crippen MR) is 127 cm³/mol. The van der Waals surface area contributed by atoms with Crippen LogP contribution in [0.4, 0.5) is 5.82 Å². The molecule has 1 saturated heterocycles. The molecule has 7 nitrogen and oxygen atoms in total. The molecule has 2 aromatic rings. The minimum atomic E-state index is -1.26. The summed E-state index contributed by atoms with van der Waals surface area (Å²) in [6.45, 7) is 4.42. The molecule has 0 bridgehead atoms. The van der Waals surface area contributed by atoms with Gasteiger partial charge in [0.05, 0.1) is 0 Å². The van der Waals surface area contributed by atoms with E-state index in [4.69, 9.17) is 15.2 Å². The molecular weight excluding hydrogens is 426 g/mol. The van der Waals surface area contributed by atoms with Crippen LogP contribution in [0.5, 0.6) is 0 Å². The van der Waals surface area contributed by atoms with Gasteiger partial charge in [-0.25, -0.2) is 14.6 Å². The van der Waals surface area contributed by atoms with Crippen LogP contribution in [0.2, 0.25) is 0 Å². The van der Waals surface area contributed by atoms with E-state index >= 15 is 0 Å². The van der Waals surface area contributed by atoms with Gasteiger partial charge < -0.3 is 20.0 Å². The number of hydrogen-bond acceptors (Lipinski definition) is 6. The molecule has 3 heterocycles. The molecule has 8 heteroatoms. The SMILES string of the molecule is CN1CCN(c2cc(-c3ccsc3)cc(C3CCCCC3)n2)CC1.O=C(O)/C=C/C(=O)O. The fourth-order valence-electron chi connectivity index (χ4n) is 4.08. The van der Waals surface area contributed by atoms with Crippen LogP contribution in [-0.2, 0) is 9.59 Å². The number of carbonyl (C=O) groups is 2. The van der Waals surface area contributed by atoms with Crippen LogP contribution in [0.1, 0.15) is 43.7 Å². The summed E-state index contributed by atoms with van der Waals surface area (Å²) >= 11 is 1.78. The first-order valence-corrected chi connectivity index (χ1v) is 12.0. The predicted octanol–water partition coefficient (Wildman–Crippen LogP) is 4.32. The molecule has 172 valence electrons. The number of nitrogens with zero attached hydrogens (tertiary/aromatic N) is 3. The van der Waals surface area contributed by atoms with E-state index < -0.39 is 11.9 Å². The number of likely N-dealkylation sites (N-methyl/N-ethyl adjacent to an activating group) is 1. The van der Waals surface area contributed by atoms with E-state index in [1.165, 1.54) is 54.7 Å². The highest BCUT2D eigenvalue weighted by Crippen LogP contribution is 2.35. The summed E-state index contributed by atoms with van der Waals surface area (Å²) < 4.78 is 0. The second-order valence-corrected chi connectivity index (χ2v) is 9.07. The fourth-order valence-corrected chi connectivity index (χ4v) is 4.74. The lowest BCUT2D eigenvalue weighted by Gasteiger charge is -2.34. The third-order valence-corrected chi connectivity index (χ3v) is 6.59. The molecule has 2 N–H and O–H groups in total. The quantitative estimate of drug-likeness (QED) is 0.646. The highest BCUT2D eigenvalue weighted by molar-refractivity contribution is 7.08. The summed E-state index contributed by atoms with van der Waals surface area (Å²) in [5.74, 6) is -0.671. The Hall–Kier alpha value is -2.71. The summed E-state index contributed by atoms with van der Waals surface area (Å²) in [6, 6.07) is 6.90. The number of aromatic nitrogens is 1. The van der Waals surface area contributed by atoms with Gasteiger partial charge in [0.25, 0.3) is 0 Å². The Bertz CT molecular complexity index is 899. The van der Waals surface area contributed by atoms with Gasteiger partial charge in [-0.1, -0.05) is 19.3 Å². The summed E-state index contributed by atoms with van der Waals surface area (Å²) in [5.41, 5.74) is 4.02. The normalized spacial score (nSPS) is 17.7. The molecule has 2 aromatic heterocycles. The van der Waals surface area contributed by atoms with E-state index in [0.717, 1.165) is 26.2 Å². The van der Waals surface area contributed by atoms with E-state index in [1.807, 2.05) is 0 Å². The van der Waals surface area contributed by atoms with Gasteiger partial charge in [-0.15, -0.1) is 0 Å². The van der Waals surface area contributed by atoms with Crippen molar-refractivity contribution < 1.29 is 19.8 Å². The van der Waals surface area contributed by atoms with Gasteiger partial charge in [0, 0.05) is 49.9 Å². The zero-order valence-corrected chi connectivity index (χ0v) is 19.3. The van der Waals surface area contributed by atoms with Gasteiger partial charge in [0.15, 0.2) is 0 Å². The minimum Gasteiger partial charge on any atom is -0.478 e. The Kier molecular flexibility index (Phi) is 8.81. The number of carboxylic acid groups (broad SMARTS) is 2. The van der Waals surface area contributed by atoms with Crippen LogP contribution < -0.4 is 4.90 Å². The monoisotopic (exact) mass is 457 g/mol. The van der Waals surface area contributed by atoms with Crippen molar-refractivity contribution in [2.75, 3.05) is 38.1 Å². The lowest BCUT2D eigenvalue weighted by Crippen LogP contribution is -2.44. The molecule has 0 aromatic carbocycles. The van der Waals surface area contributed by atoms with Gasteiger partial charge in [-0.3, -0.25) is 0 Å². The Morgan fingerprint density at radius 3 is 2.22 bits per heavy atom. The average Bonchev–Trinajstić information content (AvgIpc) is 3.34. The molecule has 1 aliphatic heterocycles. The molecule has 0 radical (unpaired) electrons. The third-order valence-electron chi connectivity index (χ3n) is 5.91. The van der Waals surface area contributed by atoms with Crippen molar-refractivity contribution in [1.29, 1.82) is 0 Å². The summed E-state index contributed by atoms with van der Waals surface area (Å²) in [7, 11) is 2.21. The highest BCUT2D eigenvalue weighted by Gasteiger charge is 2.21. The molecule has 0 spiro atoms. The molecule has 4 rings (SSSR count). The summed E-state index contributed by atoms with van der Waals surface area (Å²) in [5, 5.41) is 20.1. The van der Waals surface area contributed by atoms with Crippen molar-refractivity contribution in [3.8, 4) is 11.1 Å². The van der Waals surface area contributed by atoms with Crippen LogP contribution in [-0.4, -0.2) is 65.3 Å². The van der Waals surface area contributed by atoms with Gasteiger partial charge in [0.1, 0.15) is 5.82 Å². The molecule has 1 saturated carbocycles. The van der Waals surface area contributed by atoms with Gasteiger partial charge in [0.2, 0.25) is 0 Å². The molecule has 2 fully saturated rings. The number of rotatable bonds is 5. The number of anilines is 1. The van der Waals surface area contributed by atoms with Gasteiger partial charge in [-0.2, -0.15) is 11.3 Å². The van der Waals surface area contributed by atoms with Crippen molar-refractivity contribution >= 4 is 29.1 Å². The Morgan fingerprint density at radius 2 is 1.66 bits per heavy atom. The largest absolute Gasteiger partial charge is 0.478 e. The standard InChI is InChI=1S/C20H27N3S.C4H4O4/c1-22-8-10-23(11-9-22)20-14-18(17-7-12-24-15-17)13-19(21-20)16-5-3-2-4-6-16;5-3(6)1-2-4(7)8/h7,12-16H,2-6,8-11H2,1H3;1-2H,(H,5,6)(H,7,8)/b;2-1+. The van der Waals surface area contributed by atoms with E-state index in [-0.39, 0.29) is 0 Å². The number of carboxylic acids is 2. The number of thiophene rings is 1. The number of hydrogen-bond donors (Lipinski definition) is 2.